The van der Waals surface area contributed by atoms with Gasteiger partial charge in [-0.25, -0.2) is 0 Å². The Labute approximate surface area is 91.5 Å². The number of aryl methyl sites for hydroxylation is 1. The fraction of sp³-hybridized carbons (Fsp3) is 0.500. The molecule has 0 radical (unpaired) electrons. The lowest BCUT2D eigenvalue weighted by molar-refractivity contribution is -0.117. The summed E-state index contributed by atoms with van der Waals surface area (Å²) in [6.45, 7) is 4.31. The molecular formula is C14H18O. The van der Waals surface area contributed by atoms with Crippen molar-refractivity contribution in [1.82, 2.24) is 0 Å². The van der Waals surface area contributed by atoms with E-state index in [2.05, 4.69) is 38.1 Å². The molecule has 1 aliphatic carbocycles. The minimum atomic E-state index is 0.142. The first kappa shape index (κ1) is 10.4. The Bertz CT molecular complexity index is 381. The van der Waals surface area contributed by atoms with Crippen molar-refractivity contribution in [2.45, 2.75) is 44.9 Å². The third kappa shape index (κ3) is 1.83. The van der Waals surface area contributed by atoms with Gasteiger partial charge < -0.3 is 0 Å². The zero-order valence-electron chi connectivity index (χ0n) is 9.55. The van der Waals surface area contributed by atoms with Gasteiger partial charge in [-0.05, 0) is 25.3 Å². The normalized spacial score (nSPS) is 25.9. The Morgan fingerprint density at radius 1 is 1.40 bits per heavy atom. The highest BCUT2D eigenvalue weighted by Gasteiger charge is 2.38. The Balaban J connectivity index is 2.38. The van der Waals surface area contributed by atoms with E-state index in [4.69, 9.17) is 0 Å². The van der Waals surface area contributed by atoms with Crippen molar-refractivity contribution in [3.8, 4) is 0 Å². The largest absolute Gasteiger partial charge is 0.300 e. The van der Waals surface area contributed by atoms with E-state index in [1.54, 1.807) is 0 Å². The SMILES string of the molecule is CC[C@@]1(c2cccc(C)c2)CCC(=O)C1. The predicted octanol–water partition coefficient (Wildman–Crippen LogP) is 3.40. The van der Waals surface area contributed by atoms with E-state index >= 15 is 0 Å². The quantitative estimate of drug-likeness (QED) is 0.718. The lowest BCUT2D eigenvalue weighted by Gasteiger charge is -2.27. The van der Waals surface area contributed by atoms with Crippen LogP contribution in [-0.2, 0) is 10.2 Å². The molecule has 0 unspecified atom stereocenters. The number of Topliss-reactive ketones (excluding diaryl/α,β-unsaturated/α-hetero) is 1. The summed E-state index contributed by atoms with van der Waals surface area (Å²) in [4.78, 5) is 11.5. The Morgan fingerprint density at radius 2 is 2.20 bits per heavy atom. The Kier molecular flexibility index (Phi) is 2.64. The molecule has 2 rings (SSSR count). The van der Waals surface area contributed by atoms with Crippen molar-refractivity contribution in [3.05, 3.63) is 35.4 Å². The van der Waals surface area contributed by atoms with Gasteiger partial charge in [-0.3, -0.25) is 4.79 Å². The summed E-state index contributed by atoms with van der Waals surface area (Å²) in [7, 11) is 0. The standard InChI is InChI=1S/C14H18O/c1-3-14(8-7-13(15)10-14)12-6-4-5-11(2)9-12/h4-6,9H,3,7-8,10H2,1-2H3/t14-/m1/s1. The number of ketones is 1. The molecule has 0 saturated heterocycles. The van der Waals surface area contributed by atoms with Gasteiger partial charge in [0.1, 0.15) is 5.78 Å². The minimum Gasteiger partial charge on any atom is -0.300 e. The highest BCUT2D eigenvalue weighted by Crippen LogP contribution is 2.42. The van der Waals surface area contributed by atoms with Crippen LogP contribution in [0.2, 0.25) is 0 Å². The maximum Gasteiger partial charge on any atom is 0.133 e. The monoisotopic (exact) mass is 202 g/mol. The number of carbonyl (C=O) groups excluding carboxylic acids is 1. The molecule has 1 aliphatic rings. The van der Waals surface area contributed by atoms with E-state index in [9.17, 15) is 4.79 Å². The van der Waals surface area contributed by atoms with Gasteiger partial charge in [-0.15, -0.1) is 0 Å². The van der Waals surface area contributed by atoms with Crippen molar-refractivity contribution in [2.75, 3.05) is 0 Å². The van der Waals surface area contributed by atoms with E-state index in [1.807, 2.05) is 0 Å². The average Bonchev–Trinajstić information content (AvgIpc) is 2.61. The second-order valence-electron chi connectivity index (χ2n) is 4.72. The number of rotatable bonds is 2. The first-order valence-corrected chi connectivity index (χ1v) is 5.75. The summed E-state index contributed by atoms with van der Waals surface area (Å²) in [5, 5.41) is 0. The van der Waals surface area contributed by atoms with Crippen molar-refractivity contribution < 1.29 is 4.79 Å². The van der Waals surface area contributed by atoms with Gasteiger partial charge in [-0.1, -0.05) is 36.8 Å². The summed E-state index contributed by atoms with van der Waals surface area (Å²) in [5.41, 5.74) is 2.79. The van der Waals surface area contributed by atoms with Crippen LogP contribution < -0.4 is 0 Å². The molecule has 0 aliphatic heterocycles. The smallest absolute Gasteiger partial charge is 0.133 e. The minimum absolute atomic E-state index is 0.142. The van der Waals surface area contributed by atoms with Crippen molar-refractivity contribution in [2.24, 2.45) is 0 Å². The van der Waals surface area contributed by atoms with Crippen LogP contribution in [0.3, 0.4) is 0 Å². The topological polar surface area (TPSA) is 17.1 Å². The fourth-order valence-corrected chi connectivity index (χ4v) is 2.66. The van der Waals surface area contributed by atoms with Crippen molar-refractivity contribution >= 4 is 5.78 Å². The predicted molar refractivity (Wildman–Crippen MR) is 62.0 cm³/mol. The zero-order chi connectivity index (χ0) is 10.9. The highest BCUT2D eigenvalue weighted by molar-refractivity contribution is 5.82. The summed E-state index contributed by atoms with van der Waals surface area (Å²) in [5.74, 6) is 0.429. The van der Waals surface area contributed by atoms with E-state index < -0.39 is 0 Å². The summed E-state index contributed by atoms with van der Waals surface area (Å²) < 4.78 is 0. The zero-order valence-corrected chi connectivity index (χ0v) is 9.55. The molecule has 0 bridgehead atoms. The molecule has 0 spiro atoms. The Morgan fingerprint density at radius 3 is 2.73 bits per heavy atom. The van der Waals surface area contributed by atoms with E-state index in [1.165, 1.54) is 11.1 Å². The number of hydrogen-bond acceptors (Lipinski definition) is 1. The van der Waals surface area contributed by atoms with Gasteiger partial charge in [0.25, 0.3) is 0 Å². The van der Waals surface area contributed by atoms with Crippen LogP contribution in [0.1, 0.15) is 43.7 Å². The molecule has 0 aromatic heterocycles. The third-order valence-electron chi connectivity index (χ3n) is 3.73. The fourth-order valence-electron chi connectivity index (χ4n) is 2.66. The first-order valence-electron chi connectivity index (χ1n) is 5.75. The van der Waals surface area contributed by atoms with Crippen LogP contribution in [0.4, 0.5) is 0 Å². The highest BCUT2D eigenvalue weighted by atomic mass is 16.1. The van der Waals surface area contributed by atoms with Gasteiger partial charge in [0, 0.05) is 18.3 Å². The molecule has 1 heteroatoms. The molecule has 1 saturated carbocycles. The van der Waals surface area contributed by atoms with Gasteiger partial charge >= 0.3 is 0 Å². The lowest BCUT2D eigenvalue weighted by atomic mass is 9.76. The van der Waals surface area contributed by atoms with Crippen LogP contribution in [0.15, 0.2) is 24.3 Å². The molecule has 0 heterocycles. The van der Waals surface area contributed by atoms with E-state index in [0.29, 0.717) is 5.78 Å². The summed E-state index contributed by atoms with van der Waals surface area (Å²) in [6.07, 6.45) is 3.61. The van der Waals surface area contributed by atoms with Crippen LogP contribution in [0, 0.1) is 6.92 Å². The van der Waals surface area contributed by atoms with Crippen molar-refractivity contribution in [3.63, 3.8) is 0 Å². The second kappa shape index (κ2) is 3.80. The molecule has 1 aromatic carbocycles. The molecule has 0 N–H and O–H groups in total. The number of benzene rings is 1. The van der Waals surface area contributed by atoms with Gasteiger partial charge in [0.05, 0.1) is 0 Å². The van der Waals surface area contributed by atoms with Crippen LogP contribution in [0.25, 0.3) is 0 Å². The number of hydrogen-bond donors (Lipinski definition) is 0. The molecule has 1 aromatic rings. The summed E-state index contributed by atoms with van der Waals surface area (Å²) >= 11 is 0. The number of carbonyl (C=O) groups is 1. The van der Waals surface area contributed by atoms with Crippen LogP contribution in [0.5, 0.6) is 0 Å². The maximum atomic E-state index is 11.5. The van der Waals surface area contributed by atoms with Gasteiger partial charge in [0.15, 0.2) is 0 Å². The molecule has 80 valence electrons. The third-order valence-corrected chi connectivity index (χ3v) is 3.73. The molecule has 1 atom stereocenters. The molecule has 15 heavy (non-hydrogen) atoms. The molecule has 1 nitrogen and oxygen atoms in total. The average molecular weight is 202 g/mol. The van der Waals surface area contributed by atoms with Crippen LogP contribution in [-0.4, -0.2) is 5.78 Å². The first-order chi connectivity index (χ1) is 7.16. The maximum absolute atomic E-state index is 11.5. The van der Waals surface area contributed by atoms with Crippen molar-refractivity contribution in [1.29, 1.82) is 0 Å². The second-order valence-corrected chi connectivity index (χ2v) is 4.72. The van der Waals surface area contributed by atoms with Crippen LogP contribution >= 0.6 is 0 Å². The van der Waals surface area contributed by atoms with E-state index in [0.717, 1.165) is 25.7 Å². The van der Waals surface area contributed by atoms with Gasteiger partial charge in [0.2, 0.25) is 0 Å². The lowest BCUT2D eigenvalue weighted by Crippen LogP contribution is -2.21. The molecule has 0 amide bonds. The molecular weight excluding hydrogens is 184 g/mol. The van der Waals surface area contributed by atoms with Gasteiger partial charge in [-0.2, -0.15) is 0 Å². The molecule has 1 fully saturated rings. The Hall–Kier alpha value is -1.11. The van der Waals surface area contributed by atoms with E-state index in [-0.39, 0.29) is 5.41 Å². The summed E-state index contributed by atoms with van der Waals surface area (Å²) in [6, 6.07) is 8.63.